The van der Waals surface area contributed by atoms with Gasteiger partial charge in [0.25, 0.3) is 0 Å². The third-order valence-corrected chi connectivity index (χ3v) is 4.18. The SMILES string of the molecule is C1CNC2C3CCC(C3)C2C1. The van der Waals surface area contributed by atoms with E-state index in [9.17, 15) is 0 Å². The van der Waals surface area contributed by atoms with Crippen LogP contribution in [-0.2, 0) is 0 Å². The maximum Gasteiger partial charge on any atom is 0.0126 e. The molecular formula is C10H17N. The van der Waals surface area contributed by atoms with Crippen molar-refractivity contribution in [3.63, 3.8) is 0 Å². The number of fused-ring (bicyclic) bond motifs is 5. The monoisotopic (exact) mass is 151 g/mol. The van der Waals surface area contributed by atoms with Crippen LogP contribution in [0.15, 0.2) is 0 Å². The molecule has 0 amide bonds. The van der Waals surface area contributed by atoms with E-state index in [4.69, 9.17) is 0 Å². The fourth-order valence-corrected chi connectivity index (χ4v) is 3.75. The van der Waals surface area contributed by atoms with Crippen LogP contribution < -0.4 is 5.32 Å². The van der Waals surface area contributed by atoms with Crippen LogP contribution in [0.3, 0.4) is 0 Å². The molecule has 1 nitrogen and oxygen atoms in total. The molecule has 0 spiro atoms. The van der Waals surface area contributed by atoms with E-state index in [0.29, 0.717) is 0 Å². The molecule has 1 N–H and O–H groups in total. The predicted molar refractivity (Wildman–Crippen MR) is 45.3 cm³/mol. The summed E-state index contributed by atoms with van der Waals surface area (Å²) in [5, 5.41) is 3.71. The lowest BCUT2D eigenvalue weighted by Gasteiger charge is -2.35. The topological polar surface area (TPSA) is 12.0 Å². The number of piperidine rings is 1. The fourth-order valence-electron chi connectivity index (χ4n) is 3.75. The molecule has 0 aromatic heterocycles. The van der Waals surface area contributed by atoms with Crippen molar-refractivity contribution in [3.05, 3.63) is 0 Å². The van der Waals surface area contributed by atoms with Crippen molar-refractivity contribution in [1.29, 1.82) is 0 Å². The molecule has 3 fully saturated rings. The lowest BCUT2D eigenvalue weighted by molar-refractivity contribution is 0.198. The van der Waals surface area contributed by atoms with Crippen LogP contribution in [0.25, 0.3) is 0 Å². The minimum Gasteiger partial charge on any atom is -0.313 e. The van der Waals surface area contributed by atoms with Crippen LogP contribution in [0.2, 0.25) is 0 Å². The van der Waals surface area contributed by atoms with Crippen molar-refractivity contribution in [2.75, 3.05) is 6.54 Å². The Morgan fingerprint density at radius 2 is 1.91 bits per heavy atom. The van der Waals surface area contributed by atoms with Crippen molar-refractivity contribution in [1.82, 2.24) is 5.32 Å². The van der Waals surface area contributed by atoms with E-state index in [-0.39, 0.29) is 0 Å². The molecule has 1 heteroatoms. The second kappa shape index (κ2) is 2.22. The molecule has 4 unspecified atom stereocenters. The van der Waals surface area contributed by atoms with Crippen LogP contribution in [0.1, 0.15) is 32.1 Å². The molecule has 0 radical (unpaired) electrons. The van der Waals surface area contributed by atoms with E-state index in [0.717, 1.165) is 23.8 Å². The Hall–Kier alpha value is -0.0400. The van der Waals surface area contributed by atoms with Crippen molar-refractivity contribution < 1.29 is 0 Å². The summed E-state index contributed by atoms with van der Waals surface area (Å²) in [6.07, 6.45) is 7.60. The molecule has 0 aromatic rings. The average Bonchev–Trinajstić information content (AvgIpc) is 2.64. The van der Waals surface area contributed by atoms with Gasteiger partial charge in [-0.25, -0.2) is 0 Å². The van der Waals surface area contributed by atoms with Gasteiger partial charge < -0.3 is 5.32 Å². The maximum atomic E-state index is 3.71. The predicted octanol–water partition coefficient (Wildman–Crippen LogP) is 1.78. The summed E-state index contributed by atoms with van der Waals surface area (Å²) in [5.74, 6) is 3.28. The van der Waals surface area contributed by atoms with Crippen LogP contribution in [0.4, 0.5) is 0 Å². The van der Waals surface area contributed by atoms with Gasteiger partial charge >= 0.3 is 0 Å². The summed E-state index contributed by atoms with van der Waals surface area (Å²) < 4.78 is 0. The first-order valence-corrected chi connectivity index (χ1v) is 5.18. The van der Waals surface area contributed by atoms with Crippen LogP contribution in [0.5, 0.6) is 0 Å². The number of nitrogens with one attached hydrogen (secondary N) is 1. The van der Waals surface area contributed by atoms with Crippen LogP contribution >= 0.6 is 0 Å². The molecule has 2 saturated carbocycles. The highest BCUT2D eigenvalue weighted by Crippen LogP contribution is 2.50. The van der Waals surface area contributed by atoms with Crippen LogP contribution in [-0.4, -0.2) is 12.6 Å². The van der Waals surface area contributed by atoms with E-state index >= 15 is 0 Å². The Labute approximate surface area is 68.6 Å². The molecule has 1 heterocycles. The number of hydrogen-bond donors (Lipinski definition) is 1. The standard InChI is InChI=1S/C10H17N/c1-2-9-7-3-4-8(6-7)10(9)11-5-1/h7-11H,1-6H2. The normalized spacial score (nSPS) is 54.5. The molecule has 2 bridgehead atoms. The van der Waals surface area contributed by atoms with Gasteiger partial charge in [0.2, 0.25) is 0 Å². The summed E-state index contributed by atoms with van der Waals surface area (Å²) in [6.45, 7) is 1.30. The Morgan fingerprint density at radius 1 is 1.00 bits per heavy atom. The average molecular weight is 151 g/mol. The quantitative estimate of drug-likeness (QED) is 0.556. The lowest BCUT2D eigenvalue weighted by Crippen LogP contribution is -2.44. The molecule has 0 aromatic carbocycles. The Kier molecular flexibility index (Phi) is 1.31. The van der Waals surface area contributed by atoms with Gasteiger partial charge in [-0.2, -0.15) is 0 Å². The summed E-state index contributed by atoms with van der Waals surface area (Å²) in [6, 6.07) is 0.947. The molecule has 1 aliphatic heterocycles. The van der Waals surface area contributed by atoms with Gasteiger partial charge in [0.05, 0.1) is 0 Å². The van der Waals surface area contributed by atoms with Crippen LogP contribution in [0, 0.1) is 17.8 Å². The first-order valence-electron chi connectivity index (χ1n) is 5.18. The molecule has 11 heavy (non-hydrogen) atoms. The maximum absolute atomic E-state index is 3.71. The molecule has 2 aliphatic carbocycles. The Bertz CT molecular complexity index is 148. The molecule has 4 atom stereocenters. The van der Waals surface area contributed by atoms with E-state index in [1.54, 1.807) is 12.8 Å². The van der Waals surface area contributed by atoms with E-state index in [1.165, 1.54) is 25.8 Å². The van der Waals surface area contributed by atoms with E-state index in [2.05, 4.69) is 5.32 Å². The van der Waals surface area contributed by atoms with Gasteiger partial charge in [-0.3, -0.25) is 0 Å². The first-order chi connectivity index (χ1) is 5.45. The fraction of sp³-hybridized carbons (Fsp3) is 1.00. The molecule has 3 rings (SSSR count). The van der Waals surface area contributed by atoms with E-state index in [1.807, 2.05) is 0 Å². The number of hydrogen-bond acceptors (Lipinski definition) is 1. The van der Waals surface area contributed by atoms with Gasteiger partial charge in [0.15, 0.2) is 0 Å². The summed E-state index contributed by atoms with van der Waals surface area (Å²) in [4.78, 5) is 0. The Morgan fingerprint density at radius 3 is 2.82 bits per heavy atom. The minimum absolute atomic E-state index is 0.947. The van der Waals surface area contributed by atoms with Crippen molar-refractivity contribution >= 4 is 0 Å². The van der Waals surface area contributed by atoms with Crippen molar-refractivity contribution in [2.45, 2.75) is 38.1 Å². The lowest BCUT2D eigenvalue weighted by atomic mass is 9.79. The summed E-state index contributed by atoms with van der Waals surface area (Å²) >= 11 is 0. The third kappa shape index (κ3) is 0.807. The van der Waals surface area contributed by atoms with Gasteiger partial charge in [0.1, 0.15) is 0 Å². The minimum atomic E-state index is 0.947. The van der Waals surface area contributed by atoms with E-state index < -0.39 is 0 Å². The van der Waals surface area contributed by atoms with Gasteiger partial charge in [-0.15, -0.1) is 0 Å². The highest BCUT2D eigenvalue weighted by Gasteiger charge is 2.47. The van der Waals surface area contributed by atoms with Crippen molar-refractivity contribution in [2.24, 2.45) is 17.8 Å². The highest BCUT2D eigenvalue weighted by atomic mass is 15.0. The third-order valence-electron chi connectivity index (χ3n) is 4.18. The van der Waals surface area contributed by atoms with Gasteiger partial charge in [0, 0.05) is 6.04 Å². The summed E-state index contributed by atoms with van der Waals surface area (Å²) in [7, 11) is 0. The highest BCUT2D eigenvalue weighted by molar-refractivity contribution is 5.01. The number of rotatable bonds is 0. The zero-order valence-corrected chi connectivity index (χ0v) is 7.05. The van der Waals surface area contributed by atoms with Crippen molar-refractivity contribution in [3.8, 4) is 0 Å². The van der Waals surface area contributed by atoms with Gasteiger partial charge in [-0.05, 0) is 56.4 Å². The molecular weight excluding hydrogens is 134 g/mol. The van der Waals surface area contributed by atoms with Gasteiger partial charge in [-0.1, -0.05) is 0 Å². The second-order valence-electron chi connectivity index (χ2n) is 4.62. The zero-order valence-electron chi connectivity index (χ0n) is 7.05. The smallest absolute Gasteiger partial charge is 0.0126 e. The zero-order chi connectivity index (χ0) is 7.26. The first kappa shape index (κ1) is 6.47. The molecule has 3 aliphatic rings. The molecule has 62 valence electrons. The Balaban J connectivity index is 1.84. The summed E-state index contributed by atoms with van der Waals surface area (Å²) in [5.41, 5.74) is 0. The largest absolute Gasteiger partial charge is 0.313 e. The second-order valence-corrected chi connectivity index (χ2v) is 4.62. The molecule has 1 saturated heterocycles.